The van der Waals surface area contributed by atoms with E-state index in [0.29, 0.717) is 0 Å². The van der Waals surface area contributed by atoms with Crippen molar-refractivity contribution >= 4 is 8.56 Å². The van der Waals surface area contributed by atoms with E-state index in [4.69, 9.17) is 13.6 Å². The first-order chi connectivity index (χ1) is 11.5. The molecule has 0 bridgehead atoms. The van der Waals surface area contributed by atoms with E-state index < -0.39 is 8.56 Å². The molecular weight excluding hydrogens is 320 g/mol. The van der Waals surface area contributed by atoms with Crippen molar-refractivity contribution in [3.63, 3.8) is 0 Å². The van der Waals surface area contributed by atoms with Gasteiger partial charge in [0, 0.05) is 21.3 Å². The van der Waals surface area contributed by atoms with E-state index in [0.717, 1.165) is 44.6 Å². The molecule has 1 heterocycles. The topological polar surface area (TPSA) is 47.6 Å². The Labute approximate surface area is 151 Å². The number of ether oxygens (including phenoxy) is 1. The minimum absolute atomic E-state index is 0.105. The Morgan fingerprint density at radius 2 is 1.67 bits per heavy atom. The molecule has 0 aromatic carbocycles. The molecule has 0 amide bonds. The van der Waals surface area contributed by atoms with Crippen LogP contribution >= 0.6 is 0 Å². The van der Waals surface area contributed by atoms with Crippen LogP contribution in [-0.4, -0.2) is 41.7 Å². The number of hydrogen-bond acceptors (Lipinski definition) is 3. The minimum atomic E-state index is -2.15. The van der Waals surface area contributed by atoms with Crippen LogP contribution in [-0.2, 0) is 18.7 Å². The largest absolute Gasteiger partial charge is 0.396 e. The third-order valence-corrected chi connectivity index (χ3v) is 8.91. The highest BCUT2D eigenvalue weighted by Gasteiger charge is 2.58. The molecule has 1 aliphatic heterocycles. The van der Waals surface area contributed by atoms with E-state index >= 15 is 0 Å². The summed E-state index contributed by atoms with van der Waals surface area (Å²) < 4.78 is 17.4. The zero-order chi connectivity index (χ0) is 18.9. The van der Waals surface area contributed by atoms with Crippen molar-refractivity contribution in [2.45, 2.75) is 83.4 Å². The molecule has 4 nitrogen and oxygen atoms in total. The first kappa shape index (κ1) is 26.0. The SMILES string of the molecule is C=CC.CCCC1(OC)CCCC[Si]1(OC)OC.CCCCC[O]. The van der Waals surface area contributed by atoms with Gasteiger partial charge < -0.3 is 13.6 Å². The van der Waals surface area contributed by atoms with Gasteiger partial charge in [-0.05, 0) is 32.2 Å². The van der Waals surface area contributed by atoms with E-state index in [9.17, 15) is 5.11 Å². The fraction of sp³-hybridized carbons (Fsp3) is 0.895. The molecule has 0 aliphatic carbocycles. The normalized spacial score (nSPS) is 21.8. The maximum Gasteiger partial charge on any atom is 0.370 e. The van der Waals surface area contributed by atoms with Gasteiger partial charge >= 0.3 is 8.56 Å². The van der Waals surface area contributed by atoms with Crippen LogP contribution in [0.25, 0.3) is 0 Å². The van der Waals surface area contributed by atoms with Crippen molar-refractivity contribution in [2.75, 3.05) is 27.9 Å². The average Bonchev–Trinajstić information content (AvgIpc) is 2.62. The summed E-state index contributed by atoms with van der Waals surface area (Å²) in [6, 6.07) is 1.06. The molecule has 1 atom stereocenters. The Bertz CT molecular complexity index is 275. The molecule has 1 unspecified atom stereocenters. The molecule has 1 aliphatic rings. The smallest absolute Gasteiger partial charge is 0.370 e. The standard InChI is InChI=1S/C11H24O3Si.C5H11O.C3H6/c1-5-8-11(12-2)9-6-7-10-15(11,13-3)14-4;1-2-3-4-5-6;1-3-2/h5-10H2,1-4H3;2-5H2,1H3;3H,1H2,2H3. The van der Waals surface area contributed by atoms with Crippen LogP contribution in [0.1, 0.15) is 72.1 Å². The monoisotopic (exact) mass is 361 g/mol. The maximum atomic E-state index is 9.69. The van der Waals surface area contributed by atoms with Crippen LogP contribution in [0.4, 0.5) is 0 Å². The Kier molecular flexibility index (Phi) is 17.7. The summed E-state index contributed by atoms with van der Waals surface area (Å²) in [4.78, 5) is 0. The number of allylic oxidation sites excluding steroid dienone is 1. The number of unbranched alkanes of at least 4 members (excludes halogenated alkanes) is 2. The van der Waals surface area contributed by atoms with Crippen molar-refractivity contribution in [1.29, 1.82) is 0 Å². The Balaban J connectivity index is 0. The quantitative estimate of drug-likeness (QED) is 0.329. The second-order valence-electron chi connectivity index (χ2n) is 6.14. The first-order valence-electron chi connectivity index (χ1n) is 9.34. The van der Waals surface area contributed by atoms with Gasteiger partial charge in [0.15, 0.2) is 0 Å². The molecular formula is C19H41O4Si. The second kappa shape index (κ2) is 16.3. The Morgan fingerprint density at radius 3 is 2.00 bits per heavy atom. The van der Waals surface area contributed by atoms with Crippen molar-refractivity contribution in [3.8, 4) is 0 Å². The van der Waals surface area contributed by atoms with Crippen LogP contribution in [0, 0.1) is 0 Å². The van der Waals surface area contributed by atoms with Crippen molar-refractivity contribution in [3.05, 3.63) is 12.7 Å². The van der Waals surface area contributed by atoms with Crippen molar-refractivity contribution < 1.29 is 18.7 Å². The van der Waals surface area contributed by atoms with E-state index in [1.165, 1.54) is 12.8 Å². The van der Waals surface area contributed by atoms with E-state index in [2.05, 4.69) is 20.4 Å². The third-order valence-electron chi connectivity index (χ3n) is 4.48. The molecule has 1 saturated heterocycles. The highest BCUT2D eigenvalue weighted by Crippen LogP contribution is 2.42. The van der Waals surface area contributed by atoms with Crippen molar-refractivity contribution in [2.24, 2.45) is 0 Å². The average molecular weight is 362 g/mol. The summed E-state index contributed by atoms with van der Waals surface area (Å²) in [7, 11) is 3.22. The molecule has 0 saturated carbocycles. The number of hydrogen-bond donors (Lipinski definition) is 0. The predicted molar refractivity (Wildman–Crippen MR) is 104 cm³/mol. The highest BCUT2D eigenvalue weighted by atomic mass is 28.4. The van der Waals surface area contributed by atoms with Gasteiger partial charge in [-0.2, -0.15) is 0 Å². The van der Waals surface area contributed by atoms with Crippen molar-refractivity contribution in [1.82, 2.24) is 0 Å². The van der Waals surface area contributed by atoms with Crippen LogP contribution in [0.3, 0.4) is 0 Å². The number of methoxy groups -OCH3 is 1. The lowest BCUT2D eigenvalue weighted by atomic mass is 10.1. The molecule has 0 spiro atoms. The molecule has 1 radical (unpaired) electrons. The molecule has 145 valence electrons. The fourth-order valence-electron chi connectivity index (χ4n) is 3.28. The molecule has 5 heteroatoms. The van der Waals surface area contributed by atoms with Gasteiger partial charge in [0.05, 0.1) is 6.61 Å². The summed E-state index contributed by atoms with van der Waals surface area (Å²) in [5.41, 5.74) is 0. The zero-order valence-electron chi connectivity index (χ0n) is 17.0. The molecule has 0 N–H and O–H groups in total. The molecule has 24 heavy (non-hydrogen) atoms. The molecule has 0 aromatic rings. The van der Waals surface area contributed by atoms with Gasteiger partial charge in [-0.15, -0.1) is 6.58 Å². The lowest BCUT2D eigenvalue weighted by molar-refractivity contribution is -0.0149. The van der Waals surface area contributed by atoms with Gasteiger partial charge in [-0.1, -0.05) is 52.0 Å². The lowest BCUT2D eigenvalue weighted by Gasteiger charge is -2.47. The molecule has 1 fully saturated rings. The van der Waals surface area contributed by atoms with E-state index in [-0.39, 0.29) is 11.8 Å². The lowest BCUT2D eigenvalue weighted by Crippen LogP contribution is -2.64. The predicted octanol–water partition coefficient (Wildman–Crippen LogP) is 5.43. The minimum Gasteiger partial charge on any atom is -0.396 e. The van der Waals surface area contributed by atoms with Gasteiger partial charge in [-0.3, -0.25) is 0 Å². The summed E-state index contributed by atoms with van der Waals surface area (Å²) in [5.74, 6) is 0. The van der Waals surface area contributed by atoms with E-state index in [1.807, 2.05) is 6.92 Å². The van der Waals surface area contributed by atoms with Gasteiger partial charge in [-0.25, -0.2) is 5.11 Å². The summed E-state index contributed by atoms with van der Waals surface area (Å²) >= 11 is 0. The summed E-state index contributed by atoms with van der Waals surface area (Å²) in [6.07, 6.45) is 10.6. The van der Waals surface area contributed by atoms with Gasteiger partial charge in [0.1, 0.15) is 5.22 Å². The summed E-state index contributed by atoms with van der Waals surface area (Å²) in [5, 5.41) is 9.57. The Morgan fingerprint density at radius 1 is 1.08 bits per heavy atom. The summed E-state index contributed by atoms with van der Waals surface area (Å²) in [6.45, 7) is 9.64. The fourth-order valence-corrected chi connectivity index (χ4v) is 7.27. The van der Waals surface area contributed by atoms with Gasteiger partial charge in [0.2, 0.25) is 0 Å². The second-order valence-corrected chi connectivity index (χ2v) is 9.87. The number of rotatable bonds is 8. The third kappa shape index (κ3) is 8.25. The van der Waals surface area contributed by atoms with Crippen LogP contribution < -0.4 is 0 Å². The zero-order valence-corrected chi connectivity index (χ0v) is 18.0. The Hall–Kier alpha value is -0.203. The van der Waals surface area contributed by atoms with Crippen LogP contribution in [0.2, 0.25) is 6.04 Å². The molecule has 0 aromatic heterocycles. The van der Waals surface area contributed by atoms with Gasteiger partial charge in [0.25, 0.3) is 0 Å². The molecule has 1 rings (SSSR count). The van der Waals surface area contributed by atoms with Crippen LogP contribution in [0.15, 0.2) is 12.7 Å². The van der Waals surface area contributed by atoms with E-state index in [1.54, 1.807) is 27.4 Å². The maximum absolute atomic E-state index is 9.69. The highest BCUT2D eigenvalue weighted by molar-refractivity contribution is 6.70. The first-order valence-corrected chi connectivity index (χ1v) is 11.4. The van der Waals surface area contributed by atoms with Crippen LogP contribution in [0.5, 0.6) is 0 Å².